The molecule has 0 radical (unpaired) electrons. The maximum Gasteiger partial charge on any atom is 0.219 e. The van der Waals surface area contributed by atoms with Crippen LogP contribution < -0.4 is 5.73 Å². The lowest BCUT2D eigenvalue weighted by Gasteiger charge is -2.27. The number of ketones is 1. The van der Waals surface area contributed by atoms with Crippen molar-refractivity contribution in [2.75, 3.05) is 25.9 Å². The van der Waals surface area contributed by atoms with E-state index in [9.17, 15) is 4.79 Å². The minimum absolute atomic E-state index is 0.164. The number of carbonyl (C=O) groups is 1. The Labute approximate surface area is 158 Å². The lowest BCUT2D eigenvalue weighted by Crippen LogP contribution is -2.34. The standard InChI is InChI=1S/C21H23N5O/c1-26-6-4-14(5-7-26)20(27)10-19-9-17-8-15(2-3-16(17)11-23-19)18-12-24-21(22)25-13-18/h2-3,8-9,11-14H,4-7,10H2,1H3,(H2,22,24,25). The summed E-state index contributed by atoms with van der Waals surface area (Å²) in [6.07, 6.45) is 7.58. The van der Waals surface area contributed by atoms with Crippen LogP contribution in [0.15, 0.2) is 42.9 Å². The smallest absolute Gasteiger partial charge is 0.219 e. The van der Waals surface area contributed by atoms with Gasteiger partial charge in [0.05, 0.1) is 0 Å². The summed E-state index contributed by atoms with van der Waals surface area (Å²) < 4.78 is 0. The number of Topliss-reactive ketones (excluding diaryl/α,β-unsaturated/α-hetero) is 1. The number of carbonyl (C=O) groups excluding carboxylic acids is 1. The van der Waals surface area contributed by atoms with Crippen LogP contribution in [0.2, 0.25) is 0 Å². The van der Waals surface area contributed by atoms with E-state index in [0.29, 0.717) is 12.2 Å². The molecule has 0 aliphatic carbocycles. The van der Waals surface area contributed by atoms with Gasteiger partial charge in [0.2, 0.25) is 5.95 Å². The van der Waals surface area contributed by atoms with Crippen molar-refractivity contribution in [1.82, 2.24) is 19.9 Å². The zero-order valence-corrected chi connectivity index (χ0v) is 15.4. The number of anilines is 1. The van der Waals surface area contributed by atoms with Crippen LogP contribution in [0, 0.1) is 5.92 Å². The number of hydrogen-bond acceptors (Lipinski definition) is 6. The van der Waals surface area contributed by atoms with Gasteiger partial charge in [0, 0.05) is 47.6 Å². The van der Waals surface area contributed by atoms with Crippen LogP contribution in [-0.4, -0.2) is 45.8 Å². The van der Waals surface area contributed by atoms with Crippen LogP contribution in [0.3, 0.4) is 0 Å². The molecule has 3 aromatic rings. The van der Waals surface area contributed by atoms with Crippen LogP contribution >= 0.6 is 0 Å². The van der Waals surface area contributed by atoms with E-state index < -0.39 is 0 Å². The lowest BCUT2D eigenvalue weighted by molar-refractivity contribution is -0.123. The van der Waals surface area contributed by atoms with Crippen molar-refractivity contribution >= 4 is 22.5 Å². The Balaban J connectivity index is 1.55. The van der Waals surface area contributed by atoms with Crippen LogP contribution in [0.1, 0.15) is 18.5 Å². The fourth-order valence-electron chi connectivity index (χ4n) is 3.60. The second-order valence-electron chi connectivity index (χ2n) is 7.29. The number of likely N-dealkylation sites (tertiary alicyclic amines) is 1. The summed E-state index contributed by atoms with van der Waals surface area (Å²) in [5.41, 5.74) is 8.32. The molecular formula is C21H23N5O. The van der Waals surface area contributed by atoms with Crippen molar-refractivity contribution in [3.8, 4) is 11.1 Å². The van der Waals surface area contributed by atoms with Crippen LogP contribution in [0.4, 0.5) is 5.95 Å². The summed E-state index contributed by atoms with van der Waals surface area (Å²) in [5.74, 6) is 0.730. The van der Waals surface area contributed by atoms with Crippen LogP contribution in [0.5, 0.6) is 0 Å². The average molecular weight is 361 g/mol. The molecule has 6 nitrogen and oxygen atoms in total. The Morgan fingerprint density at radius 2 is 1.78 bits per heavy atom. The number of aromatic nitrogens is 3. The summed E-state index contributed by atoms with van der Waals surface area (Å²) in [5, 5.41) is 2.11. The predicted molar refractivity (Wildman–Crippen MR) is 106 cm³/mol. The monoisotopic (exact) mass is 361 g/mol. The Morgan fingerprint density at radius 3 is 2.52 bits per heavy atom. The molecule has 0 amide bonds. The third-order valence-corrected chi connectivity index (χ3v) is 5.31. The van der Waals surface area contributed by atoms with Gasteiger partial charge in [0.15, 0.2) is 0 Å². The SMILES string of the molecule is CN1CCC(C(=O)Cc2cc3cc(-c4cnc(N)nc4)ccc3cn2)CC1. The van der Waals surface area contributed by atoms with Crippen molar-refractivity contribution in [2.45, 2.75) is 19.3 Å². The van der Waals surface area contributed by atoms with E-state index in [-0.39, 0.29) is 11.9 Å². The van der Waals surface area contributed by atoms with Crippen molar-refractivity contribution in [3.05, 3.63) is 48.5 Å². The van der Waals surface area contributed by atoms with Gasteiger partial charge in [-0.2, -0.15) is 0 Å². The highest BCUT2D eigenvalue weighted by Crippen LogP contribution is 2.25. The molecule has 1 aromatic carbocycles. The first kappa shape index (κ1) is 17.5. The van der Waals surface area contributed by atoms with E-state index in [0.717, 1.165) is 53.5 Å². The van der Waals surface area contributed by atoms with Gasteiger partial charge in [-0.1, -0.05) is 12.1 Å². The van der Waals surface area contributed by atoms with E-state index in [4.69, 9.17) is 5.73 Å². The average Bonchev–Trinajstić information content (AvgIpc) is 2.68. The number of nitrogens with two attached hydrogens (primary N) is 1. The zero-order chi connectivity index (χ0) is 18.8. The summed E-state index contributed by atoms with van der Waals surface area (Å²) >= 11 is 0. The van der Waals surface area contributed by atoms with Gasteiger partial charge < -0.3 is 10.6 Å². The van der Waals surface area contributed by atoms with Crippen molar-refractivity contribution in [2.24, 2.45) is 5.92 Å². The molecule has 0 bridgehead atoms. The maximum atomic E-state index is 12.6. The molecule has 138 valence electrons. The Kier molecular flexibility index (Phi) is 4.81. The molecule has 0 saturated carbocycles. The van der Waals surface area contributed by atoms with Gasteiger partial charge in [-0.25, -0.2) is 9.97 Å². The fraction of sp³-hybridized carbons (Fsp3) is 0.333. The van der Waals surface area contributed by atoms with Gasteiger partial charge >= 0.3 is 0 Å². The van der Waals surface area contributed by atoms with Gasteiger partial charge in [-0.3, -0.25) is 9.78 Å². The molecule has 4 rings (SSSR count). The predicted octanol–water partition coefficient (Wildman–Crippen LogP) is 2.73. The maximum absolute atomic E-state index is 12.6. The first-order valence-electron chi connectivity index (χ1n) is 9.26. The number of pyridine rings is 1. The summed E-state index contributed by atoms with van der Waals surface area (Å²) in [7, 11) is 2.11. The molecule has 1 fully saturated rings. The number of nitrogens with zero attached hydrogens (tertiary/aromatic N) is 4. The number of fused-ring (bicyclic) bond motifs is 1. The number of benzene rings is 1. The summed E-state index contributed by atoms with van der Waals surface area (Å²) in [6.45, 7) is 1.99. The van der Waals surface area contributed by atoms with E-state index in [1.165, 1.54) is 0 Å². The third kappa shape index (κ3) is 3.95. The molecule has 2 N–H and O–H groups in total. The molecule has 0 spiro atoms. The van der Waals surface area contributed by atoms with E-state index in [1.807, 2.05) is 24.4 Å². The second-order valence-corrected chi connectivity index (χ2v) is 7.29. The first-order valence-corrected chi connectivity index (χ1v) is 9.26. The first-order chi connectivity index (χ1) is 13.1. The van der Waals surface area contributed by atoms with Crippen molar-refractivity contribution in [1.29, 1.82) is 0 Å². The molecule has 2 aromatic heterocycles. The second kappa shape index (κ2) is 7.40. The van der Waals surface area contributed by atoms with E-state index in [1.54, 1.807) is 12.4 Å². The van der Waals surface area contributed by atoms with E-state index >= 15 is 0 Å². The molecule has 1 aliphatic heterocycles. The number of nitrogen functional groups attached to an aromatic ring is 1. The van der Waals surface area contributed by atoms with Gasteiger partial charge in [0.1, 0.15) is 5.78 Å². The quantitative estimate of drug-likeness (QED) is 0.769. The van der Waals surface area contributed by atoms with Gasteiger partial charge in [0.25, 0.3) is 0 Å². The van der Waals surface area contributed by atoms with Gasteiger partial charge in [-0.05, 0) is 56.1 Å². The van der Waals surface area contributed by atoms with Crippen LogP contribution in [0.25, 0.3) is 21.9 Å². The molecule has 0 atom stereocenters. The fourth-order valence-corrected chi connectivity index (χ4v) is 3.60. The molecule has 0 unspecified atom stereocenters. The molecule has 1 saturated heterocycles. The summed E-state index contributed by atoms with van der Waals surface area (Å²) in [4.78, 5) is 27.5. The minimum Gasteiger partial charge on any atom is -0.368 e. The number of hydrogen-bond donors (Lipinski definition) is 1. The minimum atomic E-state index is 0.164. The normalized spacial score (nSPS) is 15.9. The zero-order valence-electron chi connectivity index (χ0n) is 15.4. The Bertz CT molecular complexity index is 962. The molecular weight excluding hydrogens is 338 g/mol. The van der Waals surface area contributed by atoms with Crippen LogP contribution in [-0.2, 0) is 11.2 Å². The topological polar surface area (TPSA) is 85.0 Å². The summed E-state index contributed by atoms with van der Waals surface area (Å²) in [6, 6.07) is 8.14. The Hall–Kier alpha value is -2.86. The molecule has 27 heavy (non-hydrogen) atoms. The molecule has 1 aliphatic rings. The number of piperidine rings is 1. The highest BCUT2D eigenvalue weighted by Gasteiger charge is 2.23. The van der Waals surface area contributed by atoms with Crippen molar-refractivity contribution < 1.29 is 4.79 Å². The molecule has 6 heteroatoms. The van der Waals surface area contributed by atoms with Gasteiger partial charge in [-0.15, -0.1) is 0 Å². The Morgan fingerprint density at radius 1 is 1.04 bits per heavy atom. The number of rotatable bonds is 4. The largest absolute Gasteiger partial charge is 0.368 e. The third-order valence-electron chi connectivity index (χ3n) is 5.31. The lowest BCUT2D eigenvalue weighted by atomic mass is 9.90. The highest BCUT2D eigenvalue weighted by molar-refractivity contribution is 5.88. The van der Waals surface area contributed by atoms with Crippen molar-refractivity contribution in [3.63, 3.8) is 0 Å². The highest BCUT2D eigenvalue weighted by atomic mass is 16.1. The van der Waals surface area contributed by atoms with E-state index in [2.05, 4.69) is 33.0 Å². The molecule has 3 heterocycles.